The molecule has 4 nitrogen and oxygen atoms in total. The van der Waals surface area contributed by atoms with Crippen molar-refractivity contribution in [2.45, 2.75) is 46.1 Å². The Labute approximate surface area is 138 Å². The topological polar surface area (TPSA) is 54.0 Å². The molecule has 0 spiro atoms. The number of thiazole rings is 1. The molecule has 1 rings (SSSR count). The van der Waals surface area contributed by atoms with Crippen molar-refractivity contribution in [1.82, 2.24) is 15.6 Å². The third kappa shape index (κ3) is 6.39. The molecule has 0 atom stereocenters. The van der Waals surface area contributed by atoms with Crippen LogP contribution in [0.2, 0.25) is 0 Å². The molecule has 1 heterocycles. The molecule has 0 aliphatic heterocycles. The van der Waals surface area contributed by atoms with Crippen molar-refractivity contribution in [1.29, 1.82) is 0 Å². The molecule has 0 fully saturated rings. The highest BCUT2D eigenvalue weighted by atomic mass is 35.5. The predicted molar refractivity (Wildman–Crippen MR) is 90.4 cm³/mol. The van der Waals surface area contributed by atoms with E-state index in [1.165, 1.54) is 4.88 Å². The van der Waals surface area contributed by atoms with Crippen LogP contribution in [0.25, 0.3) is 0 Å². The number of amides is 1. The summed E-state index contributed by atoms with van der Waals surface area (Å²) in [4.78, 5) is 17.6. The van der Waals surface area contributed by atoms with Crippen LogP contribution in [-0.2, 0) is 10.3 Å². The van der Waals surface area contributed by atoms with Crippen LogP contribution >= 0.6 is 36.2 Å². The molecule has 0 unspecified atom stereocenters. The largest absolute Gasteiger partial charge is 0.345 e. The minimum atomic E-state index is -0.388. The Kier molecular flexibility index (Phi) is 10.5. The maximum atomic E-state index is 11.8. The van der Waals surface area contributed by atoms with Crippen LogP contribution in [0, 0.1) is 13.8 Å². The number of aromatic nitrogens is 1. The number of carbonyl (C=O) groups is 1. The maximum Gasteiger partial charge on any atom is 0.220 e. The zero-order chi connectivity index (χ0) is 13.8. The monoisotopic (exact) mass is 341 g/mol. The fourth-order valence-electron chi connectivity index (χ4n) is 1.63. The van der Waals surface area contributed by atoms with Gasteiger partial charge in [-0.25, -0.2) is 4.98 Å². The normalized spacial score (nSPS) is 10.4. The van der Waals surface area contributed by atoms with Gasteiger partial charge in [-0.15, -0.1) is 36.2 Å². The van der Waals surface area contributed by atoms with Gasteiger partial charge in [0.25, 0.3) is 0 Å². The first-order valence-electron chi connectivity index (χ1n) is 6.27. The Morgan fingerprint density at radius 2 is 1.90 bits per heavy atom. The molecule has 2 N–H and O–H groups in total. The quantitative estimate of drug-likeness (QED) is 0.782. The van der Waals surface area contributed by atoms with E-state index < -0.39 is 0 Å². The minimum Gasteiger partial charge on any atom is -0.345 e. The molecule has 0 bridgehead atoms. The van der Waals surface area contributed by atoms with E-state index >= 15 is 0 Å². The van der Waals surface area contributed by atoms with Crippen molar-refractivity contribution in [3.05, 3.63) is 15.6 Å². The van der Waals surface area contributed by atoms with Crippen molar-refractivity contribution >= 4 is 42.1 Å². The number of carbonyl (C=O) groups excluding carboxylic acids is 1. The second kappa shape index (κ2) is 9.55. The zero-order valence-electron chi connectivity index (χ0n) is 12.7. The second-order valence-corrected chi connectivity index (χ2v) is 6.24. The number of rotatable bonds is 6. The van der Waals surface area contributed by atoms with Crippen LogP contribution in [0.3, 0.4) is 0 Å². The van der Waals surface area contributed by atoms with Crippen molar-refractivity contribution in [3.8, 4) is 0 Å². The molecule has 7 heteroatoms. The molecule has 0 aromatic carbocycles. The number of halogens is 2. The van der Waals surface area contributed by atoms with Gasteiger partial charge in [-0.2, -0.15) is 0 Å². The number of hydrogen-bond donors (Lipinski definition) is 2. The number of hydrogen-bond acceptors (Lipinski definition) is 4. The Morgan fingerprint density at radius 1 is 1.30 bits per heavy atom. The van der Waals surface area contributed by atoms with E-state index in [0.29, 0.717) is 6.42 Å². The van der Waals surface area contributed by atoms with Crippen LogP contribution in [0.5, 0.6) is 0 Å². The average Bonchev–Trinajstić information content (AvgIpc) is 2.60. The number of nitrogens with zero attached hydrogens (tertiary/aromatic N) is 1. The Bertz CT molecular complexity index is 402. The van der Waals surface area contributed by atoms with Crippen molar-refractivity contribution in [2.24, 2.45) is 0 Å². The molecule has 0 radical (unpaired) electrons. The Balaban J connectivity index is 0. The van der Waals surface area contributed by atoms with E-state index in [9.17, 15) is 4.79 Å². The first kappa shape index (κ1) is 21.9. The van der Waals surface area contributed by atoms with Gasteiger partial charge in [0.05, 0.1) is 11.2 Å². The molecular formula is C13H25Cl2N3OS. The molecule has 0 saturated carbocycles. The van der Waals surface area contributed by atoms with Gasteiger partial charge < -0.3 is 10.6 Å². The average molecular weight is 342 g/mol. The summed E-state index contributed by atoms with van der Waals surface area (Å²) in [5.41, 5.74) is 0.660. The highest BCUT2D eigenvalue weighted by Gasteiger charge is 2.26. The van der Waals surface area contributed by atoms with Crippen LogP contribution < -0.4 is 10.6 Å². The van der Waals surface area contributed by atoms with Gasteiger partial charge in [-0.05, 0) is 47.7 Å². The van der Waals surface area contributed by atoms with Crippen molar-refractivity contribution < 1.29 is 4.79 Å². The summed E-state index contributed by atoms with van der Waals surface area (Å²) in [6, 6.07) is 0. The molecule has 118 valence electrons. The third-order valence-electron chi connectivity index (χ3n) is 2.85. The van der Waals surface area contributed by atoms with Crippen molar-refractivity contribution in [2.75, 3.05) is 13.6 Å². The maximum absolute atomic E-state index is 11.8. The van der Waals surface area contributed by atoms with Crippen LogP contribution in [0.4, 0.5) is 0 Å². The summed E-state index contributed by atoms with van der Waals surface area (Å²) in [7, 11) is 1.89. The molecule has 0 aliphatic carbocycles. The van der Waals surface area contributed by atoms with Gasteiger partial charge in [0.2, 0.25) is 5.91 Å². The molecule has 1 aromatic heterocycles. The van der Waals surface area contributed by atoms with Gasteiger partial charge in [-0.1, -0.05) is 0 Å². The second-order valence-electron chi connectivity index (χ2n) is 5.04. The summed E-state index contributed by atoms with van der Waals surface area (Å²) in [5.74, 6) is 0.0840. The van der Waals surface area contributed by atoms with E-state index in [1.54, 1.807) is 11.3 Å². The number of nitrogens with one attached hydrogen (secondary N) is 2. The third-order valence-corrected chi connectivity index (χ3v) is 4.24. The van der Waals surface area contributed by atoms with E-state index in [1.807, 2.05) is 27.8 Å². The fraction of sp³-hybridized carbons (Fsp3) is 0.692. The van der Waals surface area contributed by atoms with Gasteiger partial charge in [-0.3, -0.25) is 4.79 Å². The summed E-state index contributed by atoms with van der Waals surface area (Å²) < 4.78 is 0. The van der Waals surface area contributed by atoms with Crippen molar-refractivity contribution in [3.63, 3.8) is 0 Å². The van der Waals surface area contributed by atoms with Gasteiger partial charge >= 0.3 is 0 Å². The zero-order valence-corrected chi connectivity index (χ0v) is 15.2. The van der Waals surface area contributed by atoms with E-state index in [2.05, 4.69) is 22.5 Å². The molecule has 0 aliphatic rings. The standard InChI is InChI=1S/C13H23N3OS.2ClH/c1-9-10(2)18-12(15-9)13(3,4)16-11(17)7-6-8-14-5;;/h14H,6-8H2,1-5H3,(H,16,17);2*1H. The summed E-state index contributed by atoms with van der Waals surface area (Å²) in [6.45, 7) is 8.92. The summed E-state index contributed by atoms with van der Waals surface area (Å²) in [6.07, 6.45) is 1.40. The van der Waals surface area contributed by atoms with E-state index in [0.717, 1.165) is 23.7 Å². The lowest BCUT2D eigenvalue weighted by molar-refractivity contribution is -0.122. The van der Waals surface area contributed by atoms with Gasteiger partial charge in [0, 0.05) is 11.3 Å². The SMILES string of the molecule is CNCCCC(=O)NC(C)(C)c1nc(C)c(C)s1.Cl.Cl. The van der Waals surface area contributed by atoms with Crippen LogP contribution in [0.15, 0.2) is 0 Å². The lowest BCUT2D eigenvalue weighted by Gasteiger charge is -2.23. The molecule has 1 aromatic rings. The van der Waals surface area contributed by atoms with Crippen LogP contribution in [-0.4, -0.2) is 24.5 Å². The Morgan fingerprint density at radius 3 is 2.35 bits per heavy atom. The first-order chi connectivity index (χ1) is 8.36. The highest BCUT2D eigenvalue weighted by molar-refractivity contribution is 7.11. The van der Waals surface area contributed by atoms with E-state index in [4.69, 9.17) is 0 Å². The van der Waals surface area contributed by atoms with Crippen LogP contribution in [0.1, 0.15) is 42.3 Å². The minimum absolute atomic E-state index is 0. The summed E-state index contributed by atoms with van der Waals surface area (Å²) in [5, 5.41) is 7.06. The molecule has 0 saturated heterocycles. The lowest BCUT2D eigenvalue weighted by atomic mass is 10.1. The molecule has 20 heavy (non-hydrogen) atoms. The van der Waals surface area contributed by atoms with Gasteiger partial charge in [0.15, 0.2) is 0 Å². The smallest absolute Gasteiger partial charge is 0.220 e. The van der Waals surface area contributed by atoms with Gasteiger partial charge in [0.1, 0.15) is 5.01 Å². The Hall–Kier alpha value is -0.360. The molecule has 1 amide bonds. The lowest BCUT2D eigenvalue weighted by Crippen LogP contribution is -2.41. The highest BCUT2D eigenvalue weighted by Crippen LogP contribution is 2.27. The van der Waals surface area contributed by atoms with E-state index in [-0.39, 0.29) is 36.3 Å². The predicted octanol–water partition coefficient (Wildman–Crippen LogP) is 2.95. The summed E-state index contributed by atoms with van der Waals surface area (Å²) >= 11 is 1.65. The number of aryl methyl sites for hydroxylation is 2. The fourth-order valence-corrected chi connectivity index (χ4v) is 2.60. The first-order valence-corrected chi connectivity index (χ1v) is 7.08. The molecular weight excluding hydrogens is 317 g/mol.